The average Bonchev–Trinajstić information content (AvgIpc) is 1.36. The van der Waals surface area contributed by atoms with Crippen molar-refractivity contribution in [2.24, 2.45) is 35.5 Å². The van der Waals surface area contributed by atoms with Crippen LogP contribution in [0.3, 0.4) is 0 Å². The molecule has 4 saturated carbocycles. The van der Waals surface area contributed by atoms with Gasteiger partial charge >= 0.3 is 12.4 Å². The van der Waals surface area contributed by atoms with Gasteiger partial charge in [0.2, 0.25) is 70.9 Å². The normalized spacial score (nSPS) is 32.0. The van der Waals surface area contributed by atoms with Crippen LogP contribution in [-0.2, 0) is 67.0 Å². The lowest BCUT2D eigenvalue weighted by atomic mass is 9.74. The van der Waals surface area contributed by atoms with Gasteiger partial charge in [0.15, 0.2) is 0 Å². The summed E-state index contributed by atoms with van der Waals surface area (Å²) in [6, 6.07) is -11.5. The lowest BCUT2D eigenvalue weighted by Crippen LogP contribution is -2.68. The summed E-state index contributed by atoms with van der Waals surface area (Å²) >= 11 is 0. The summed E-state index contributed by atoms with van der Waals surface area (Å²) in [5, 5.41) is 8.29. The quantitative estimate of drug-likeness (QED) is 0.209. The molecule has 7 aliphatic rings. The molecule has 3 heterocycles. The van der Waals surface area contributed by atoms with E-state index in [0.29, 0.717) is 44.9 Å². The zero-order valence-electron chi connectivity index (χ0n) is 63.4. The van der Waals surface area contributed by atoms with Gasteiger partial charge in [-0.25, -0.2) is 8.78 Å². The number of likely N-dealkylation sites (N-methyl/N-ethyl adjacent to an activating group) is 7. The van der Waals surface area contributed by atoms with Crippen molar-refractivity contribution in [1.82, 2.24) is 60.0 Å². The second-order valence-electron chi connectivity index (χ2n) is 31.0. The number of carbonyl (C=O) groups excluding carboxylic acids is 12. The van der Waals surface area contributed by atoms with Crippen LogP contribution in [0.4, 0.5) is 35.1 Å². The zero-order valence-corrected chi connectivity index (χ0v) is 63.4. The summed E-state index contributed by atoms with van der Waals surface area (Å²) in [5.41, 5.74) is -1.70. The minimum Gasteiger partial charge on any atom is -0.382 e. The van der Waals surface area contributed by atoms with Crippen molar-refractivity contribution in [1.29, 1.82) is 0 Å². The number of rotatable bonds is 13. The number of nitrogens with one attached hydrogen (secondary N) is 3. The fourth-order valence-electron chi connectivity index (χ4n) is 16.8. The third kappa shape index (κ3) is 20.5. The third-order valence-corrected chi connectivity index (χ3v) is 23.6. The van der Waals surface area contributed by atoms with E-state index in [2.05, 4.69) is 16.0 Å². The van der Waals surface area contributed by atoms with Crippen molar-refractivity contribution in [2.45, 2.75) is 247 Å². The molecular weight excluding hydrogens is 1410 g/mol. The van der Waals surface area contributed by atoms with Crippen molar-refractivity contribution in [3.8, 4) is 0 Å². The number of nitrogens with zero attached hydrogens (tertiary/aromatic N) is 9. The van der Waals surface area contributed by atoms with E-state index in [-0.39, 0.29) is 90.3 Å². The van der Waals surface area contributed by atoms with E-state index in [9.17, 15) is 55.1 Å². The molecule has 2 bridgehead atoms. The molecule has 12 atom stereocenters. The summed E-state index contributed by atoms with van der Waals surface area (Å²) in [4.78, 5) is 190. The van der Waals surface area contributed by atoms with Crippen LogP contribution >= 0.6 is 0 Å². The number of amides is 12. The molecule has 3 N–H and O–H groups in total. The van der Waals surface area contributed by atoms with Gasteiger partial charge in [-0.2, -0.15) is 26.3 Å². The molecular formula is C72H112F8N12O14. The molecule has 0 aromatic carbocycles. The van der Waals surface area contributed by atoms with E-state index in [1.165, 1.54) is 78.2 Å². The Hall–Kier alpha value is -7.00. The highest BCUT2D eigenvalue weighted by molar-refractivity contribution is 6.01. The third-order valence-electron chi connectivity index (χ3n) is 23.6. The molecule has 0 aromatic rings. The van der Waals surface area contributed by atoms with Crippen LogP contribution in [0.25, 0.3) is 0 Å². The van der Waals surface area contributed by atoms with Crippen LogP contribution in [-0.4, -0.2) is 303 Å². The molecule has 0 radical (unpaired) electrons. The Balaban J connectivity index is 1.31. The highest BCUT2D eigenvalue weighted by Crippen LogP contribution is 2.46. The molecule has 106 heavy (non-hydrogen) atoms. The molecule has 4 aliphatic carbocycles. The lowest BCUT2D eigenvalue weighted by molar-refractivity contribution is -0.219. The topological polar surface area (TPSA) is 289 Å². The summed E-state index contributed by atoms with van der Waals surface area (Å²) in [7, 11) is 12.0. The standard InChI is InChI=1S/C72H112F8N12O14/c1-13-41(3)59-67(102)86(7)39-57(95)87(8)50-22-17-18-31-91(66(50)101)53(34-42-23-26-45(27-24-42)71(75,76)77)65(100)85(6)38-55(93)81-49(28-25-43-32-47(73)58(48(74)33-43)72(78,79)80)63(98)92-37-46(106-14-2)35-51(92)62(97)83-70(29-19-30-70)69(104)90(11)60(44-20-15-16-21-44)68(103)89(10)52(64(99)84(4)5)36-56(94)88(9)54(40-105-12)61(96)82-59/h41-54,58-60H,13-40H2,1-12H3,(H,81,93)(H,82,96)(H,83,97)/t41-,42?,43?,45?,46+,47?,48?,49-,50-,51-,52-,53-,54-,58?,59-,60-/m0/s1. The first-order valence-corrected chi connectivity index (χ1v) is 37.5. The molecule has 7 rings (SSSR count). The van der Waals surface area contributed by atoms with Crippen LogP contribution in [0.1, 0.15) is 162 Å². The first-order chi connectivity index (χ1) is 49.7. The highest BCUT2D eigenvalue weighted by Gasteiger charge is 2.56. The maximum absolute atomic E-state index is 15.5. The Morgan fingerprint density at radius 1 is 0.623 bits per heavy atom. The fourth-order valence-corrected chi connectivity index (χ4v) is 16.8. The number of ether oxygens (including phenoxy) is 2. The summed E-state index contributed by atoms with van der Waals surface area (Å²) in [5.74, 6) is -17.0. The highest BCUT2D eigenvalue weighted by atomic mass is 19.4. The predicted octanol–water partition coefficient (Wildman–Crippen LogP) is 4.79. The van der Waals surface area contributed by atoms with E-state index >= 15 is 37.5 Å². The number of halogens is 8. The van der Waals surface area contributed by atoms with Crippen molar-refractivity contribution in [2.75, 3.05) is 103 Å². The van der Waals surface area contributed by atoms with Gasteiger partial charge in [0.05, 0.1) is 38.1 Å². The van der Waals surface area contributed by atoms with E-state index in [1.54, 1.807) is 20.8 Å². The Labute approximate surface area is 616 Å². The molecule has 3 saturated heterocycles. The van der Waals surface area contributed by atoms with Crippen LogP contribution < -0.4 is 16.0 Å². The zero-order chi connectivity index (χ0) is 78.8. The molecule has 2 unspecified atom stereocenters. The molecule has 7 fully saturated rings. The minimum atomic E-state index is -5.22. The van der Waals surface area contributed by atoms with E-state index in [0.717, 1.165) is 29.4 Å². The van der Waals surface area contributed by atoms with Gasteiger partial charge < -0.3 is 69.5 Å². The molecule has 600 valence electrons. The summed E-state index contributed by atoms with van der Waals surface area (Å²) < 4.78 is 126. The van der Waals surface area contributed by atoms with Crippen molar-refractivity contribution < 1.29 is 102 Å². The molecule has 26 nitrogen and oxygen atoms in total. The maximum atomic E-state index is 15.5. The van der Waals surface area contributed by atoms with Gasteiger partial charge in [0.1, 0.15) is 72.1 Å². The van der Waals surface area contributed by atoms with Gasteiger partial charge in [-0.3, -0.25) is 57.5 Å². The molecule has 34 heteroatoms. The number of alkyl halides is 8. The Morgan fingerprint density at radius 2 is 1.24 bits per heavy atom. The summed E-state index contributed by atoms with van der Waals surface area (Å²) in [6.07, 6.45) is -16.1. The first kappa shape index (κ1) is 86.2. The fraction of sp³-hybridized carbons (Fsp3) is 0.833. The monoisotopic (exact) mass is 1520 g/mol. The smallest absolute Gasteiger partial charge is 0.382 e. The average molecular weight is 1520 g/mol. The second kappa shape index (κ2) is 36.9. The Morgan fingerprint density at radius 3 is 1.79 bits per heavy atom. The SMILES string of the molecule is CCO[C@@H]1C[C@H]2C(=O)NC3(CCC3)C(=O)N(C)[C@@H](C3CCCC3)C(=O)N(C)[C@H](C(=O)N(C)C)CC(=O)N(C)[C@@H](COC)C(=O)N[C@@H]([C@@H](C)CC)C(=O)N(C)CC(=O)N(C)[C@H]3CCCCN(C3=O)[C@@H](CC3CCC(C(F)(F)F)CC3)C(=O)N(C)CC(=O)N[C@@H](CCC3CC(F)C(C(F)(F)F)C(F)C3)C(=O)N2C1. The van der Waals surface area contributed by atoms with E-state index in [4.69, 9.17) is 9.47 Å². The van der Waals surface area contributed by atoms with Crippen molar-refractivity contribution in [3.05, 3.63) is 0 Å². The second-order valence-corrected chi connectivity index (χ2v) is 31.0. The predicted molar refractivity (Wildman–Crippen MR) is 369 cm³/mol. The van der Waals surface area contributed by atoms with Gasteiger partial charge in [0, 0.05) is 89.6 Å². The molecule has 3 aliphatic heterocycles. The number of carbonyl (C=O) groups is 12. The maximum Gasteiger partial charge on any atom is 0.397 e. The van der Waals surface area contributed by atoms with Crippen LogP contribution in [0.15, 0.2) is 0 Å². The van der Waals surface area contributed by atoms with Crippen LogP contribution in [0.5, 0.6) is 0 Å². The van der Waals surface area contributed by atoms with Crippen molar-refractivity contribution in [3.63, 3.8) is 0 Å². The van der Waals surface area contributed by atoms with E-state index in [1.807, 2.05) is 0 Å². The van der Waals surface area contributed by atoms with Gasteiger partial charge in [-0.1, -0.05) is 33.1 Å². The number of fused-ring (bicyclic) bond motifs is 3. The Bertz CT molecular complexity index is 3120. The van der Waals surface area contributed by atoms with Gasteiger partial charge in [-0.05, 0) is 140 Å². The van der Waals surface area contributed by atoms with E-state index < -0.39 is 236 Å². The number of methoxy groups -OCH3 is 1. The summed E-state index contributed by atoms with van der Waals surface area (Å²) in [6.45, 7) is 2.84. The van der Waals surface area contributed by atoms with Crippen LogP contribution in [0, 0.1) is 35.5 Å². The lowest BCUT2D eigenvalue weighted by Gasteiger charge is -2.46. The molecule has 12 amide bonds. The van der Waals surface area contributed by atoms with Crippen molar-refractivity contribution >= 4 is 70.9 Å². The Kier molecular flexibility index (Phi) is 30.1. The molecule has 1 spiro atoms. The van der Waals surface area contributed by atoms with Crippen LogP contribution in [0.2, 0.25) is 0 Å². The van der Waals surface area contributed by atoms with Gasteiger partial charge in [-0.15, -0.1) is 0 Å². The number of hydrogen-bond acceptors (Lipinski definition) is 14. The largest absolute Gasteiger partial charge is 0.397 e. The number of hydrogen-bond donors (Lipinski definition) is 3. The first-order valence-electron chi connectivity index (χ1n) is 37.5. The minimum absolute atomic E-state index is 0.00361. The molecule has 0 aromatic heterocycles. The van der Waals surface area contributed by atoms with Gasteiger partial charge in [0.25, 0.3) is 0 Å².